The molecule has 16 heavy (non-hydrogen) atoms. The molecule has 0 spiro atoms. The number of ether oxygens (including phenoxy) is 1. The molecule has 1 aromatic carbocycles. The van der Waals surface area contributed by atoms with Crippen LogP contribution in [0.25, 0.3) is 0 Å². The van der Waals surface area contributed by atoms with Crippen LogP contribution < -0.4 is 11.3 Å². The summed E-state index contributed by atoms with van der Waals surface area (Å²) in [6.07, 6.45) is 0.994. The summed E-state index contributed by atoms with van der Waals surface area (Å²) in [7, 11) is 0. The molecule has 2 unspecified atom stereocenters. The van der Waals surface area contributed by atoms with Gasteiger partial charge >= 0.3 is 0 Å². The number of hydrogen-bond acceptors (Lipinski definition) is 3. The average Bonchev–Trinajstić information content (AvgIpc) is 2.75. The van der Waals surface area contributed by atoms with Crippen LogP contribution in [-0.4, -0.2) is 13.2 Å². The molecule has 0 aromatic heterocycles. The molecule has 3 N–H and O–H groups in total. The maximum atomic E-state index is 6.16. The highest BCUT2D eigenvalue weighted by Gasteiger charge is 2.27. The molecule has 1 fully saturated rings. The van der Waals surface area contributed by atoms with Gasteiger partial charge in [0.1, 0.15) is 0 Å². The summed E-state index contributed by atoms with van der Waals surface area (Å²) in [6, 6.07) is 5.49. The molecule has 1 aromatic rings. The molecule has 1 aliphatic heterocycles. The Morgan fingerprint density at radius 3 is 2.81 bits per heavy atom. The van der Waals surface area contributed by atoms with Crippen molar-refractivity contribution in [3.05, 3.63) is 33.8 Å². The number of nitrogens with one attached hydrogen (secondary N) is 1. The van der Waals surface area contributed by atoms with Gasteiger partial charge < -0.3 is 4.74 Å². The van der Waals surface area contributed by atoms with Crippen molar-refractivity contribution in [1.29, 1.82) is 0 Å². The average molecular weight is 261 g/mol. The number of rotatable bonds is 3. The van der Waals surface area contributed by atoms with Gasteiger partial charge in [0.25, 0.3) is 0 Å². The molecule has 2 atom stereocenters. The lowest BCUT2D eigenvalue weighted by molar-refractivity contribution is 0.177. The molecule has 1 aliphatic rings. The van der Waals surface area contributed by atoms with E-state index in [1.54, 1.807) is 6.07 Å². The lowest BCUT2D eigenvalue weighted by atomic mass is 9.93. The Hall–Kier alpha value is -0.320. The standard InChI is InChI=1S/C11H14Cl2N2O/c12-8-1-2-9(10(13)5-8)11(15-14)7-3-4-16-6-7/h1-2,5,7,11,15H,3-4,6,14H2. The Morgan fingerprint density at radius 1 is 1.44 bits per heavy atom. The smallest absolute Gasteiger partial charge is 0.0525 e. The van der Waals surface area contributed by atoms with Crippen LogP contribution in [0.4, 0.5) is 0 Å². The molecule has 88 valence electrons. The van der Waals surface area contributed by atoms with Gasteiger partial charge in [-0.25, -0.2) is 0 Å². The number of benzene rings is 1. The van der Waals surface area contributed by atoms with Crippen LogP contribution in [0, 0.1) is 5.92 Å². The monoisotopic (exact) mass is 260 g/mol. The number of nitrogens with two attached hydrogens (primary N) is 1. The van der Waals surface area contributed by atoms with Crippen molar-refractivity contribution in [3.63, 3.8) is 0 Å². The highest BCUT2D eigenvalue weighted by Crippen LogP contribution is 2.33. The summed E-state index contributed by atoms with van der Waals surface area (Å²) in [5, 5.41) is 1.27. The Balaban J connectivity index is 2.25. The van der Waals surface area contributed by atoms with Gasteiger partial charge in [-0.2, -0.15) is 0 Å². The van der Waals surface area contributed by atoms with Crippen molar-refractivity contribution < 1.29 is 4.74 Å². The minimum absolute atomic E-state index is 0.0206. The molecule has 1 saturated heterocycles. The molecule has 0 aliphatic carbocycles. The van der Waals surface area contributed by atoms with E-state index < -0.39 is 0 Å². The largest absolute Gasteiger partial charge is 0.381 e. The SMILES string of the molecule is NNC(c1ccc(Cl)cc1Cl)C1CCOC1. The van der Waals surface area contributed by atoms with Gasteiger partial charge in [0.2, 0.25) is 0 Å². The minimum atomic E-state index is 0.0206. The molecular formula is C11H14Cl2N2O. The van der Waals surface area contributed by atoms with E-state index in [0.29, 0.717) is 22.6 Å². The fraction of sp³-hybridized carbons (Fsp3) is 0.455. The quantitative estimate of drug-likeness (QED) is 0.649. The maximum absolute atomic E-state index is 6.16. The van der Waals surface area contributed by atoms with E-state index in [4.69, 9.17) is 33.8 Å². The second-order valence-electron chi connectivity index (χ2n) is 3.93. The topological polar surface area (TPSA) is 47.3 Å². The summed E-state index contributed by atoms with van der Waals surface area (Å²) in [6.45, 7) is 1.50. The van der Waals surface area contributed by atoms with Crippen molar-refractivity contribution in [2.75, 3.05) is 13.2 Å². The molecule has 3 nitrogen and oxygen atoms in total. The van der Waals surface area contributed by atoms with Gasteiger partial charge in [-0.05, 0) is 24.1 Å². The molecule has 5 heteroatoms. The minimum Gasteiger partial charge on any atom is -0.381 e. The third-order valence-electron chi connectivity index (χ3n) is 2.91. The van der Waals surface area contributed by atoms with Gasteiger partial charge in [-0.3, -0.25) is 11.3 Å². The van der Waals surface area contributed by atoms with E-state index in [0.717, 1.165) is 18.6 Å². The first-order valence-electron chi connectivity index (χ1n) is 5.21. The lowest BCUT2D eigenvalue weighted by Crippen LogP contribution is -2.34. The zero-order chi connectivity index (χ0) is 11.5. The summed E-state index contributed by atoms with van der Waals surface area (Å²) >= 11 is 12.0. The van der Waals surface area contributed by atoms with E-state index in [1.807, 2.05) is 12.1 Å². The molecule has 2 rings (SSSR count). The van der Waals surface area contributed by atoms with Gasteiger partial charge in [0, 0.05) is 22.6 Å². The first-order chi connectivity index (χ1) is 7.72. The van der Waals surface area contributed by atoms with Crippen LogP contribution in [0.5, 0.6) is 0 Å². The third-order valence-corrected chi connectivity index (χ3v) is 3.48. The van der Waals surface area contributed by atoms with Crippen molar-refractivity contribution in [2.24, 2.45) is 11.8 Å². The number of hydrazine groups is 1. The van der Waals surface area contributed by atoms with Gasteiger partial charge in [-0.15, -0.1) is 0 Å². The predicted octanol–water partition coefficient (Wildman–Crippen LogP) is 2.53. The normalized spacial score (nSPS) is 22.3. The van der Waals surface area contributed by atoms with Crippen LogP contribution in [0.1, 0.15) is 18.0 Å². The molecule has 1 heterocycles. The first kappa shape index (κ1) is 12.1. The van der Waals surface area contributed by atoms with Crippen molar-refractivity contribution in [1.82, 2.24) is 5.43 Å². The Morgan fingerprint density at radius 2 is 2.25 bits per heavy atom. The van der Waals surface area contributed by atoms with Crippen LogP contribution in [0.2, 0.25) is 10.0 Å². The van der Waals surface area contributed by atoms with E-state index in [9.17, 15) is 0 Å². The van der Waals surface area contributed by atoms with Crippen LogP contribution in [0.15, 0.2) is 18.2 Å². The third kappa shape index (κ3) is 2.50. The van der Waals surface area contributed by atoms with E-state index >= 15 is 0 Å². The molecule has 0 saturated carbocycles. The summed E-state index contributed by atoms with van der Waals surface area (Å²) in [5.41, 5.74) is 3.79. The zero-order valence-corrected chi connectivity index (χ0v) is 10.3. The maximum Gasteiger partial charge on any atom is 0.0525 e. The zero-order valence-electron chi connectivity index (χ0n) is 8.75. The lowest BCUT2D eigenvalue weighted by Gasteiger charge is -2.23. The second kappa shape index (κ2) is 5.34. The Bertz CT molecular complexity index is 367. The molecule has 0 radical (unpaired) electrons. The second-order valence-corrected chi connectivity index (χ2v) is 4.78. The van der Waals surface area contributed by atoms with Crippen LogP contribution in [0.3, 0.4) is 0 Å². The van der Waals surface area contributed by atoms with Gasteiger partial charge in [0.15, 0.2) is 0 Å². The number of halogens is 2. The van der Waals surface area contributed by atoms with Crippen LogP contribution in [-0.2, 0) is 4.74 Å². The van der Waals surface area contributed by atoms with Crippen molar-refractivity contribution >= 4 is 23.2 Å². The van der Waals surface area contributed by atoms with Crippen molar-refractivity contribution in [3.8, 4) is 0 Å². The molecule has 0 bridgehead atoms. The van der Waals surface area contributed by atoms with Gasteiger partial charge in [0.05, 0.1) is 12.6 Å². The predicted molar refractivity (Wildman–Crippen MR) is 65.5 cm³/mol. The van der Waals surface area contributed by atoms with E-state index in [-0.39, 0.29) is 6.04 Å². The fourth-order valence-electron chi connectivity index (χ4n) is 2.05. The molecular weight excluding hydrogens is 247 g/mol. The van der Waals surface area contributed by atoms with Crippen LogP contribution >= 0.6 is 23.2 Å². The van der Waals surface area contributed by atoms with Crippen molar-refractivity contribution in [2.45, 2.75) is 12.5 Å². The summed E-state index contributed by atoms with van der Waals surface area (Å²) < 4.78 is 5.36. The van der Waals surface area contributed by atoms with Gasteiger partial charge in [-0.1, -0.05) is 29.3 Å². The Kier molecular flexibility index (Phi) is 4.05. The first-order valence-corrected chi connectivity index (χ1v) is 5.97. The highest BCUT2D eigenvalue weighted by molar-refractivity contribution is 6.35. The highest BCUT2D eigenvalue weighted by atomic mass is 35.5. The summed E-state index contributed by atoms with van der Waals surface area (Å²) in [5.74, 6) is 5.96. The van der Waals surface area contributed by atoms with E-state index in [1.165, 1.54) is 0 Å². The van der Waals surface area contributed by atoms with E-state index in [2.05, 4.69) is 5.43 Å². The molecule has 0 amide bonds. The fourth-order valence-corrected chi connectivity index (χ4v) is 2.58. The Labute approximate surface area is 105 Å². The number of hydrogen-bond donors (Lipinski definition) is 2. The summed E-state index contributed by atoms with van der Waals surface area (Å²) in [4.78, 5) is 0.